The Balaban J connectivity index is 2.24. The second kappa shape index (κ2) is 6.83. The lowest BCUT2D eigenvalue weighted by atomic mass is 10.1. The summed E-state index contributed by atoms with van der Waals surface area (Å²) < 4.78 is 32.8. The van der Waals surface area contributed by atoms with E-state index in [0.29, 0.717) is 23.6 Å². The Morgan fingerprint density at radius 2 is 1.78 bits per heavy atom. The Morgan fingerprint density at radius 1 is 1.13 bits per heavy atom. The number of ether oxygens (including phenoxy) is 1. The third-order valence-corrected chi connectivity index (χ3v) is 4.68. The van der Waals surface area contributed by atoms with Crippen molar-refractivity contribution in [2.45, 2.75) is 25.7 Å². The van der Waals surface area contributed by atoms with Crippen LogP contribution in [0.25, 0.3) is 0 Å². The fourth-order valence-electron chi connectivity index (χ4n) is 2.09. The van der Waals surface area contributed by atoms with E-state index in [1.807, 2.05) is 6.92 Å². The molecule has 0 saturated carbocycles. The van der Waals surface area contributed by atoms with Gasteiger partial charge < -0.3 is 4.74 Å². The average Bonchev–Trinajstić information content (AvgIpc) is 2.49. The standard InChI is InChI=1S/C17H19NO4S/c1-4-22-17-10-9-16(11-12(17)2)23(20,21)18-15-7-5-14(6-8-15)13(3)19/h5-11,18H,4H2,1-3H3. The van der Waals surface area contributed by atoms with Gasteiger partial charge in [0.2, 0.25) is 0 Å². The van der Waals surface area contributed by atoms with Crippen LogP contribution in [0, 0.1) is 6.92 Å². The number of sulfonamides is 1. The monoisotopic (exact) mass is 333 g/mol. The maximum absolute atomic E-state index is 12.4. The summed E-state index contributed by atoms with van der Waals surface area (Å²) >= 11 is 0. The van der Waals surface area contributed by atoms with Gasteiger partial charge in [-0.15, -0.1) is 0 Å². The summed E-state index contributed by atoms with van der Waals surface area (Å²) in [7, 11) is -3.69. The number of Topliss-reactive ketones (excluding diaryl/α,β-unsaturated/α-hetero) is 1. The van der Waals surface area contributed by atoms with Gasteiger partial charge in [-0.1, -0.05) is 0 Å². The van der Waals surface area contributed by atoms with Crippen molar-refractivity contribution in [3.8, 4) is 5.75 Å². The van der Waals surface area contributed by atoms with E-state index in [1.165, 1.54) is 13.0 Å². The molecule has 1 N–H and O–H groups in total. The zero-order valence-corrected chi connectivity index (χ0v) is 14.1. The summed E-state index contributed by atoms with van der Waals surface area (Å²) in [5.41, 5.74) is 1.69. The molecule has 6 heteroatoms. The minimum absolute atomic E-state index is 0.0680. The second-order valence-corrected chi connectivity index (χ2v) is 6.78. The molecule has 0 aliphatic carbocycles. The van der Waals surface area contributed by atoms with E-state index in [2.05, 4.69) is 4.72 Å². The molecule has 122 valence electrons. The first-order chi connectivity index (χ1) is 10.8. The van der Waals surface area contributed by atoms with Crippen LogP contribution in [0.15, 0.2) is 47.4 Å². The molecule has 0 spiro atoms. The van der Waals surface area contributed by atoms with Gasteiger partial charge in [0.05, 0.1) is 11.5 Å². The summed E-state index contributed by atoms with van der Waals surface area (Å²) in [5, 5.41) is 0. The highest BCUT2D eigenvalue weighted by Gasteiger charge is 2.16. The van der Waals surface area contributed by atoms with Gasteiger partial charge in [-0.3, -0.25) is 9.52 Å². The van der Waals surface area contributed by atoms with Gasteiger partial charge in [0.25, 0.3) is 10.0 Å². The zero-order chi connectivity index (χ0) is 17.0. The van der Waals surface area contributed by atoms with E-state index in [9.17, 15) is 13.2 Å². The first kappa shape index (κ1) is 17.0. The molecule has 0 saturated heterocycles. The van der Waals surface area contributed by atoms with E-state index in [4.69, 9.17) is 4.74 Å². The topological polar surface area (TPSA) is 72.5 Å². The Morgan fingerprint density at radius 3 is 2.30 bits per heavy atom. The van der Waals surface area contributed by atoms with Gasteiger partial charge in [-0.25, -0.2) is 8.42 Å². The van der Waals surface area contributed by atoms with Crippen LogP contribution in [0.2, 0.25) is 0 Å². The lowest BCUT2D eigenvalue weighted by molar-refractivity contribution is 0.101. The summed E-state index contributed by atoms with van der Waals surface area (Å²) in [6.07, 6.45) is 0. The Labute approximate surface area is 136 Å². The minimum atomic E-state index is -3.69. The molecule has 0 unspecified atom stereocenters. The third kappa shape index (κ3) is 4.10. The van der Waals surface area contributed by atoms with Crippen molar-refractivity contribution in [1.82, 2.24) is 0 Å². The Kier molecular flexibility index (Phi) is 5.05. The SMILES string of the molecule is CCOc1ccc(S(=O)(=O)Nc2ccc(C(C)=O)cc2)cc1C. The highest BCUT2D eigenvalue weighted by atomic mass is 32.2. The molecule has 0 amide bonds. The van der Waals surface area contributed by atoms with Crippen LogP contribution in [0.4, 0.5) is 5.69 Å². The number of benzene rings is 2. The highest BCUT2D eigenvalue weighted by Crippen LogP contribution is 2.23. The minimum Gasteiger partial charge on any atom is -0.494 e. The largest absolute Gasteiger partial charge is 0.494 e. The molecular weight excluding hydrogens is 314 g/mol. The second-order valence-electron chi connectivity index (χ2n) is 5.10. The van der Waals surface area contributed by atoms with Gasteiger partial charge in [0.1, 0.15) is 5.75 Å². The molecule has 0 aromatic heterocycles. The van der Waals surface area contributed by atoms with Gasteiger partial charge in [0.15, 0.2) is 5.78 Å². The number of anilines is 1. The molecule has 0 heterocycles. The van der Waals surface area contributed by atoms with Crippen LogP contribution in [0.3, 0.4) is 0 Å². The number of carbonyl (C=O) groups excluding carboxylic acids is 1. The van der Waals surface area contributed by atoms with Crippen molar-refractivity contribution in [3.05, 3.63) is 53.6 Å². The highest BCUT2D eigenvalue weighted by molar-refractivity contribution is 7.92. The number of hydrogen-bond donors (Lipinski definition) is 1. The smallest absolute Gasteiger partial charge is 0.261 e. The first-order valence-corrected chi connectivity index (χ1v) is 8.69. The molecule has 2 rings (SSSR count). The molecule has 0 fully saturated rings. The maximum Gasteiger partial charge on any atom is 0.261 e. The molecule has 0 aliphatic rings. The van der Waals surface area contributed by atoms with Gasteiger partial charge in [-0.2, -0.15) is 0 Å². The van der Waals surface area contributed by atoms with Crippen molar-refractivity contribution < 1.29 is 17.9 Å². The van der Waals surface area contributed by atoms with E-state index in [1.54, 1.807) is 43.3 Å². The van der Waals surface area contributed by atoms with Crippen LogP contribution in [0.5, 0.6) is 5.75 Å². The van der Waals surface area contributed by atoms with Gasteiger partial charge in [-0.05, 0) is 68.8 Å². The van der Waals surface area contributed by atoms with E-state index < -0.39 is 10.0 Å². The molecule has 2 aromatic carbocycles. The molecule has 0 bridgehead atoms. The summed E-state index contributed by atoms with van der Waals surface area (Å²) in [5.74, 6) is 0.596. The first-order valence-electron chi connectivity index (χ1n) is 7.21. The van der Waals surface area contributed by atoms with Gasteiger partial charge in [0, 0.05) is 11.3 Å². The molecule has 0 atom stereocenters. The van der Waals surface area contributed by atoms with Crippen LogP contribution >= 0.6 is 0 Å². The fraction of sp³-hybridized carbons (Fsp3) is 0.235. The van der Waals surface area contributed by atoms with Crippen molar-refractivity contribution in [1.29, 1.82) is 0 Å². The number of rotatable bonds is 6. The summed E-state index contributed by atoms with van der Waals surface area (Å²) in [4.78, 5) is 11.4. The van der Waals surface area contributed by atoms with E-state index >= 15 is 0 Å². The predicted molar refractivity (Wildman–Crippen MR) is 89.6 cm³/mol. The Hall–Kier alpha value is -2.34. The van der Waals surface area contributed by atoms with Crippen molar-refractivity contribution in [2.75, 3.05) is 11.3 Å². The predicted octanol–water partition coefficient (Wildman–Crippen LogP) is 3.40. The van der Waals surface area contributed by atoms with E-state index in [-0.39, 0.29) is 10.7 Å². The maximum atomic E-state index is 12.4. The van der Waals surface area contributed by atoms with E-state index in [0.717, 1.165) is 5.56 Å². The van der Waals surface area contributed by atoms with Crippen LogP contribution in [-0.4, -0.2) is 20.8 Å². The van der Waals surface area contributed by atoms with Crippen molar-refractivity contribution >= 4 is 21.5 Å². The summed E-state index contributed by atoms with van der Waals surface area (Å²) in [6, 6.07) is 11.0. The number of nitrogens with one attached hydrogen (secondary N) is 1. The van der Waals surface area contributed by atoms with Crippen molar-refractivity contribution in [3.63, 3.8) is 0 Å². The average molecular weight is 333 g/mol. The van der Waals surface area contributed by atoms with Crippen LogP contribution in [-0.2, 0) is 10.0 Å². The zero-order valence-electron chi connectivity index (χ0n) is 13.3. The summed E-state index contributed by atoms with van der Waals surface area (Å²) in [6.45, 7) is 5.65. The lowest BCUT2D eigenvalue weighted by Crippen LogP contribution is -2.13. The fourth-order valence-corrected chi connectivity index (χ4v) is 3.24. The number of aryl methyl sites for hydroxylation is 1. The molecule has 0 aliphatic heterocycles. The lowest BCUT2D eigenvalue weighted by Gasteiger charge is -2.11. The number of carbonyl (C=O) groups is 1. The molecule has 2 aromatic rings. The molecule has 0 radical (unpaired) electrons. The molecule has 23 heavy (non-hydrogen) atoms. The normalized spacial score (nSPS) is 11.1. The molecule has 5 nitrogen and oxygen atoms in total. The Bertz CT molecular complexity index is 811. The quantitative estimate of drug-likeness (QED) is 0.822. The van der Waals surface area contributed by atoms with Gasteiger partial charge >= 0.3 is 0 Å². The number of hydrogen-bond acceptors (Lipinski definition) is 4. The molecular formula is C17H19NO4S. The van der Waals surface area contributed by atoms with Crippen molar-refractivity contribution in [2.24, 2.45) is 0 Å². The third-order valence-electron chi connectivity index (χ3n) is 3.30. The van der Waals surface area contributed by atoms with Crippen LogP contribution in [0.1, 0.15) is 29.8 Å². The number of ketones is 1. The van der Waals surface area contributed by atoms with Crippen LogP contribution < -0.4 is 9.46 Å².